The minimum atomic E-state index is -1.61. The van der Waals surface area contributed by atoms with E-state index in [1.165, 1.54) is 23.5 Å². The number of hydrogen-bond acceptors (Lipinski definition) is 18. The highest BCUT2D eigenvalue weighted by atomic mass is 16.4. The summed E-state index contributed by atoms with van der Waals surface area (Å²) in [5, 5.41) is 44.8. The van der Waals surface area contributed by atoms with Crippen molar-refractivity contribution in [3.8, 4) is 0 Å². The number of carbonyl (C=O) groups is 9. The molecule has 8 amide bonds. The molecule has 414 valence electrons. The molecular formula is C44H77N19O11. The van der Waals surface area contributed by atoms with Crippen LogP contribution >= 0.6 is 0 Å². The molecule has 0 bridgehead atoms. The molecule has 30 nitrogen and oxygen atoms in total. The van der Waals surface area contributed by atoms with Crippen molar-refractivity contribution in [2.24, 2.45) is 45.1 Å². The quantitative estimate of drug-likeness (QED) is 0.0130. The third-order valence-electron chi connectivity index (χ3n) is 11.4. The van der Waals surface area contributed by atoms with Crippen molar-refractivity contribution in [3.63, 3.8) is 0 Å². The van der Waals surface area contributed by atoms with Gasteiger partial charge in [-0.25, -0.2) is 14.8 Å². The van der Waals surface area contributed by atoms with Crippen LogP contribution in [0.4, 0.5) is 0 Å². The maximum atomic E-state index is 14.1. The van der Waals surface area contributed by atoms with E-state index in [0.29, 0.717) is 44.3 Å². The summed E-state index contributed by atoms with van der Waals surface area (Å²) in [5.41, 5.74) is 39.1. The average Bonchev–Trinajstić information content (AvgIpc) is 4.09. The number of hydrogen-bond donors (Lipinski definition) is 18. The number of imidazole rings is 1. The fourth-order valence-electron chi connectivity index (χ4n) is 7.44. The summed E-state index contributed by atoms with van der Waals surface area (Å²) < 4.78 is 0. The number of aromatic nitrogens is 2. The van der Waals surface area contributed by atoms with Gasteiger partial charge in [-0.1, -0.05) is 12.5 Å². The van der Waals surface area contributed by atoms with Crippen molar-refractivity contribution in [3.05, 3.63) is 30.0 Å². The molecular weight excluding hydrogens is 971 g/mol. The summed E-state index contributed by atoms with van der Waals surface area (Å²) in [4.78, 5) is 133. The fraction of sp³-hybridized carbons (Fsp3) is 0.636. The highest BCUT2D eigenvalue weighted by Gasteiger charge is 2.39. The smallest absolute Gasteiger partial charge is 0.352 e. The van der Waals surface area contributed by atoms with Crippen molar-refractivity contribution < 1.29 is 53.4 Å². The number of H-pyrrole nitrogens is 1. The molecule has 1 aromatic rings. The Balaban J connectivity index is 2.29. The normalized spacial score (nSPS) is 16.1. The van der Waals surface area contributed by atoms with Crippen LogP contribution in [0, 0.1) is 5.41 Å². The van der Waals surface area contributed by atoms with E-state index < -0.39 is 114 Å². The van der Waals surface area contributed by atoms with Gasteiger partial charge in [-0.2, -0.15) is 0 Å². The summed E-state index contributed by atoms with van der Waals surface area (Å²) in [6.45, 7) is -0.430. The Morgan fingerprint density at radius 3 is 2.08 bits per heavy atom. The number of unbranched alkanes of at least 4 members (excludes halogenated alkanes) is 2. The number of aliphatic imine (C=N–C) groups is 1. The first-order chi connectivity index (χ1) is 35.3. The number of aliphatic hydroxyl groups excluding tert-OH is 1. The number of likely N-dealkylation sites (tertiary alicyclic amines) is 1. The number of aromatic amines is 1. The second kappa shape index (κ2) is 34.5. The minimum Gasteiger partial charge on any atom is -0.477 e. The monoisotopic (exact) mass is 1050 g/mol. The molecule has 1 aliphatic rings. The summed E-state index contributed by atoms with van der Waals surface area (Å²) in [6.07, 6.45) is 4.98. The van der Waals surface area contributed by atoms with Crippen molar-refractivity contribution in [1.82, 2.24) is 52.1 Å². The van der Waals surface area contributed by atoms with E-state index >= 15 is 0 Å². The van der Waals surface area contributed by atoms with E-state index in [9.17, 15) is 53.4 Å². The van der Waals surface area contributed by atoms with Gasteiger partial charge in [0.2, 0.25) is 35.4 Å². The van der Waals surface area contributed by atoms with Crippen LogP contribution in [0.25, 0.3) is 0 Å². The van der Waals surface area contributed by atoms with Crippen LogP contribution < -0.4 is 77.4 Å². The largest absolute Gasteiger partial charge is 0.477 e. The Labute approximate surface area is 428 Å². The number of carboxylic acid groups (broad SMARTS) is 1. The lowest BCUT2D eigenvalue weighted by atomic mass is 10.1. The topological polar surface area (TPSA) is 529 Å². The molecule has 0 aliphatic carbocycles. The van der Waals surface area contributed by atoms with Gasteiger partial charge in [-0.05, 0) is 96.8 Å². The van der Waals surface area contributed by atoms with Crippen molar-refractivity contribution in [1.29, 1.82) is 5.41 Å². The predicted octanol–water partition coefficient (Wildman–Crippen LogP) is -7.08. The molecule has 74 heavy (non-hydrogen) atoms. The number of rotatable bonds is 35. The van der Waals surface area contributed by atoms with Gasteiger partial charge in [-0.3, -0.25) is 43.8 Å². The van der Waals surface area contributed by atoms with Gasteiger partial charge in [0.15, 0.2) is 5.96 Å². The first kappa shape index (κ1) is 63.2. The van der Waals surface area contributed by atoms with Crippen LogP contribution in [0.2, 0.25) is 0 Å². The highest BCUT2D eigenvalue weighted by molar-refractivity contribution is 6.40. The van der Waals surface area contributed by atoms with E-state index in [1.807, 2.05) is 0 Å². The Morgan fingerprint density at radius 2 is 1.47 bits per heavy atom. The molecule has 2 rings (SSSR count). The minimum absolute atomic E-state index is 0.0373. The van der Waals surface area contributed by atoms with Crippen LogP contribution in [-0.4, -0.2) is 185 Å². The van der Waals surface area contributed by atoms with E-state index in [1.54, 1.807) is 0 Å². The van der Waals surface area contributed by atoms with Gasteiger partial charge >= 0.3 is 5.97 Å². The number of aliphatic hydroxyl groups is 1. The Hall–Kier alpha value is -6.96. The third kappa shape index (κ3) is 22.4. The van der Waals surface area contributed by atoms with Crippen LogP contribution in [0.1, 0.15) is 82.7 Å². The second-order valence-electron chi connectivity index (χ2n) is 17.3. The molecule has 0 radical (unpaired) electrons. The van der Waals surface area contributed by atoms with Crippen LogP contribution in [0.5, 0.6) is 0 Å². The average molecular weight is 1050 g/mol. The molecule has 0 saturated carbocycles. The second-order valence-corrected chi connectivity index (χ2v) is 17.3. The maximum absolute atomic E-state index is 14.1. The first-order valence-electron chi connectivity index (χ1n) is 24.5. The van der Waals surface area contributed by atoms with Crippen molar-refractivity contribution in [2.75, 3.05) is 52.4 Å². The number of nitrogens with two attached hydrogens (primary N) is 7. The molecule has 7 atom stereocenters. The molecule has 30 heteroatoms. The molecule has 1 fully saturated rings. The zero-order valence-corrected chi connectivity index (χ0v) is 41.6. The van der Waals surface area contributed by atoms with Gasteiger partial charge in [-0.15, -0.1) is 0 Å². The van der Waals surface area contributed by atoms with Crippen molar-refractivity contribution in [2.45, 2.75) is 126 Å². The predicted molar refractivity (Wildman–Crippen MR) is 269 cm³/mol. The summed E-state index contributed by atoms with van der Waals surface area (Å²) in [5.74, 6) is -8.66. The lowest BCUT2D eigenvalue weighted by Crippen LogP contribution is -2.61. The molecule has 0 aromatic carbocycles. The molecule has 1 aliphatic heterocycles. The van der Waals surface area contributed by atoms with Gasteiger partial charge in [0.1, 0.15) is 41.6 Å². The number of carbonyl (C=O) groups excluding carboxylic acids is 8. The molecule has 1 aromatic heterocycles. The van der Waals surface area contributed by atoms with E-state index in [4.69, 9.17) is 45.5 Å². The first-order valence-corrected chi connectivity index (χ1v) is 24.5. The Bertz CT molecular complexity index is 2090. The number of aliphatic carboxylic acids is 1. The number of nitrogens with one attached hydrogen (secondary N) is 9. The zero-order valence-electron chi connectivity index (χ0n) is 41.6. The lowest BCUT2D eigenvalue weighted by Gasteiger charge is -2.27. The summed E-state index contributed by atoms with van der Waals surface area (Å²) in [7, 11) is 0. The maximum Gasteiger partial charge on any atom is 0.352 e. The van der Waals surface area contributed by atoms with Gasteiger partial charge < -0.3 is 97.5 Å². The molecule has 0 spiro atoms. The van der Waals surface area contributed by atoms with Gasteiger partial charge in [0.25, 0.3) is 11.8 Å². The lowest BCUT2D eigenvalue weighted by molar-refractivity contribution is -0.137. The Kier molecular flexibility index (Phi) is 29.4. The van der Waals surface area contributed by atoms with Crippen molar-refractivity contribution >= 4 is 64.9 Å². The van der Waals surface area contributed by atoms with E-state index in [-0.39, 0.29) is 95.8 Å². The highest BCUT2D eigenvalue weighted by Crippen LogP contribution is 2.20. The summed E-state index contributed by atoms with van der Waals surface area (Å²) >= 11 is 0. The SMILES string of the molecule is N=C(N)NCC/C=C(\NC(=O)[C@H](CCCCN)NC(=O)[C@H](Cc1cnc[nH]1)NC(=O)[C@@H]1CCCN1C(=O)/C(CCCN)=N/C(=O)CNC(=O)[C@H](CCN)NC(=O)[C@@H](NC(=O)[C@@H](N)CCCCN)[C@@H](O)CN)C(=O)O. The number of guanidine groups is 1. The Morgan fingerprint density at radius 1 is 0.811 bits per heavy atom. The van der Waals surface area contributed by atoms with Crippen LogP contribution in [0.3, 0.4) is 0 Å². The molecule has 0 unspecified atom stereocenters. The van der Waals surface area contributed by atoms with Crippen LogP contribution in [-0.2, 0) is 49.6 Å². The molecule has 2 heterocycles. The standard InChI is InChI=1S/C44H77N19O11/c45-14-3-1-8-26(50)36(66)62-35(33(64)21-49)41(71)59-28(13-17-48)37(67)55-23-34(65)57-29(10-5-16-47)42(72)63-19-7-12-32(63)40(70)61-31(20-25-22-53-24-56-25)39(69)58-27(9-2-4-15-46)38(68)60-30(43(73)74)11-6-18-54-44(51)52/h11,22,24,26-28,31-33,35,64H,1-10,12-21,23,45-50H2,(H,53,56)(H,55,67)(H,58,69)(H,59,71)(H,60,68)(H,61,70)(H,62,66)(H,73,74)(H4,51,52,54)/b30-11-,57-29+/t26-,27-,28-,31-,32-,33-,35-/m0/s1. The van der Waals surface area contributed by atoms with Crippen LogP contribution in [0.15, 0.2) is 29.3 Å². The molecule has 1 saturated heterocycles. The zero-order chi connectivity index (χ0) is 55.2. The number of carboxylic acids is 1. The summed E-state index contributed by atoms with van der Waals surface area (Å²) in [6, 6.07) is -7.84. The van der Waals surface area contributed by atoms with Gasteiger partial charge in [0, 0.05) is 37.9 Å². The van der Waals surface area contributed by atoms with E-state index in [0.717, 1.165) is 0 Å². The van der Waals surface area contributed by atoms with E-state index in [2.05, 4.69) is 52.2 Å². The number of amides is 8. The third-order valence-corrected chi connectivity index (χ3v) is 11.4. The molecule has 25 N–H and O–H groups in total. The van der Waals surface area contributed by atoms with Gasteiger partial charge in [0.05, 0.1) is 25.0 Å². The number of nitrogens with zero attached hydrogens (tertiary/aromatic N) is 3. The fourth-order valence-corrected chi connectivity index (χ4v) is 7.44.